The minimum atomic E-state index is -3.73. The molecule has 0 aliphatic heterocycles. The summed E-state index contributed by atoms with van der Waals surface area (Å²) in [7, 11) is -3.73. The van der Waals surface area contributed by atoms with Gasteiger partial charge in [-0.1, -0.05) is 17.7 Å². The summed E-state index contributed by atoms with van der Waals surface area (Å²) < 4.78 is 32.6. The SMILES string of the molecule is CC(=NCc1cnc2c(ccn2S(=O)(=O)c2ccc(C)cc2)n1)OC(C)(C)C. The maximum atomic E-state index is 12.9. The van der Waals surface area contributed by atoms with Crippen molar-refractivity contribution < 1.29 is 13.2 Å². The third-order valence-corrected chi connectivity index (χ3v) is 5.58. The number of nitrogens with zero attached hydrogens (tertiary/aromatic N) is 4. The highest BCUT2D eigenvalue weighted by atomic mass is 32.2. The Morgan fingerprint density at radius 2 is 1.86 bits per heavy atom. The van der Waals surface area contributed by atoms with Crippen molar-refractivity contribution in [2.24, 2.45) is 4.99 Å². The van der Waals surface area contributed by atoms with E-state index in [1.807, 2.05) is 27.7 Å². The van der Waals surface area contributed by atoms with Crippen LogP contribution in [0.2, 0.25) is 0 Å². The molecule has 3 rings (SSSR count). The van der Waals surface area contributed by atoms with Crippen LogP contribution in [0.4, 0.5) is 0 Å². The summed E-state index contributed by atoms with van der Waals surface area (Å²) in [5.41, 5.74) is 2.10. The Labute approximate surface area is 165 Å². The molecule has 0 amide bonds. The van der Waals surface area contributed by atoms with Gasteiger partial charge in [-0.15, -0.1) is 0 Å². The second-order valence-corrected chi connectivity index (χ2v) is 9.36. The van der Waals surface area contributed by atoms with Crippen LogP contribution in [-0.4, -0.2) is 33.9 Å². The molecule has 1 aromatic carbocycles. The zero-order valence-corrected chi connectivity index (χ0v) is 17.5. The van der Waals surface area contributed by atoms with Crippen molar-refractivity contribution in [1.29, 1.82) is 0 Å². The normalized spacial score (nSPS) is 13.1. The Balaban J connectivity index is 1.89. The predicted molar refractivity (Wildman–Crippen MR) is 109 cm³/mol. The van der Waals surface area contributed by atoms with Crippen molar-refractivity contribution in [2.45, 2.75) is 51.7 Å². The van der Waals surface area contributed by atoms with Crippen molar-refractivity contribution in [3.63, 3.8) is 0 Å². The summed E-state index contributed by atoms with van der Waals surface area (Å²) in [6, 6.07) is 8.35. The van der Waals surface area contributed by atoms with E-state index in [0.717, 1.165) is 9.54 Å². The van der Waals surface area contributed by atoms with Gasteiger partial charge in [0.25, 0.3) is 10.0 Å². The molecule has 0 unspecified atom stereocenters. The largest absolute Gasteiger partial charge is 0.476 e. The molecule has 0 fully saturated rings. The quantitative estimate of drug-likeness (QED) is 0.492. The van der Waals surface area contributed by atoms with E-state index in [1.54, 1.807) is 37.3 Å². The van der Waals surface area contributed by atoms with Crippen molar-refractivity contribution in [3.05, 3.63) is 54.0 Å². The van der Waals surface area contributed by atoms with Crippen LogP contribution in [0, 0.1) is 6.92 Å². The van der Waals surface area contributed by atoms with Gasteiger partial charge in [0, 0.05) is 13.1 Å². The van der Waals surface area contributed by atoms with Gasteiger partial charge in [0.05, 0.1) is 23.3 Å². The van der Waals surface area contributed by atoms with Crippen molar-refractivity contribution in [1.82, 2.24) is 13.9 Å². The molecule has 0 saturated carbocycles. The van der Waals surface area contributed by atoms with E-state index in [4.69, 9.17) is 4.74 Å². The van der Waals surface area contributed by atoms with Gasteiger partial charge in [-0.25, -0.2) is 27.4 Å². The Morgan fingerprint density at radius 3 is 2.50 bits per heavy atom. The molecular formula is C20H24N4O3S. The lowest BCUT2D eigenvalue weighted by molar-refractivity contribution is 0.115. The maximum Gasteiger partial charge on any atom is 0.269 e. The predicted octanol–water partition coefficient (Wildman–Crippen LogP) is 3.71. The monoisotopic (exact) mass is 400 g/mol. The van der Waals surface area contributed by atoms with Gasteiger partial charge in [-0.05, 0) is 45.9 Å². The number of benzene rings is 1. The molecule has 2 aromatic heterocycles. The third kappa shape index (κ3) is 4.39. The lowest BCUT2D eigenvalue weighted by Gasteiger charge is -2.20. The van der Waals surface area contributed by atoms with Gasteiger partial charge in [-0.2, -0.15) is 0 Å². The fraction of sp³-hybridized carbons (Fsp3) is 0.350. The fourth-order valence-corrected chi connectivity index (χ4v) is 3.98. The standard InChI is InChI=1S/C20H24N4O3S/c1-14-6-8-17(9-7-14)28(25,26)24-11-10-18-19(24)22-13-16(23-18)12-21-15(2)27-20(3,4)5/h6-11,13H,12H2,1-5H3. The second-order valence-electron chi connectivity index (χ2n) is 7.55. The number of hydrogen-bond donors (Lipinski definition) is 0. The van der Waals surface area contributed by atoms with Gasteiger partial charge in [0.15, 0.2) is 11.5 Å². The third-order valence-electron chi connectivity index (χ3n) is 3.90. The average Bonchev–Trinajstić information content (AvgIpc) is 3.03. The molecule has 148 valence electrons. The Hall–Kier alpha value is -2.74. The van der Waals surface area contributed by atoms with Crippen molar-refractivity contribution >= 4 is 27.1 Å². The molecule has 28 heavy (non-hydrogen) atoms. The highest BCUT2D eigenvalue weighted by molar-refractivity contribution is 7.90. The molecule has 0 bridgehead atoms. The van der Waals surface area contributed by atoms with Gasteiger partial charge in [-0.3, -0.25) is 0 Å². The number of aryl methyl sites for hydroxylation is 1. The van der Waals surface area contributed by atoms with E-state index < -0.39 is 10.0 Å². The summed E-state index contributed by atoms with van der Waals surface area (Å²) in [4.78, 5) is 13.4. The van der Waals surface area contributed by atoms with Gasteiger partial charge in [0.1, 0.15) is 11.1 Å². The molecule has 0 saturated heterocycles. The molecule has 7 nitrogen and oxygen atoms in total. The summed E-state index contributed by atoms with van der Waals surface area (Å²) in [6.07, 6.45) is 3.01. The molecule has 0 atom stereocenters. The first-order valence-corrected chi connectivity index (χ1v) is 10.4. The van der Waals surface area contributed by atoms with E-state index >= 15 is 0 Å². The van der Waals surface area contributed by atoms with Crippen LogP contribution >= 0.6 is 0 Å². The van der Waals surface area contributed by atoms with Crippen LogP contribution in [0.25, 0.3) is 11.2 Å². The first-order chi connectivity index (χ1) is 13.1. The summed E-state index contributed by atoms with van der Waals surface area (Å²) in [5, 5.41) is 0. The molecule has 2 heterocycles. The second kappa shape index (κ2) is 7.35. The number of rotatable bonds is 4. The number of aliphatic imine (C=N–C) groups is 1. The Bertz CT molecular complexity index is 1120. The molecular weight excluding hydrogens is 376 g/mol. The van der Waals surface area contributed by atoms with Gasteiger partial charge >= 0.3 is 0 Å². The Morgan fingerprint density at radius 1 is 1.18 bits per heavy atom. The van der Waals surface area contributed by atoms with E-state index in [2.05, 4.69) is 15.0 Å². The molecule has 8 heteroatoms. The lowest BCUT2D eigenvalue weighted by atomic mass is 10.2. The molecule has 0 spiro atoms. The molecule has 0 radical (unpaired) electrons. The minimum Gasteiger partial charge on any atom is -0.476 e. The van der Waals surface area contributed by atoms with E-state index in [-0.39, 0.29) is 16.1 Å². The number of hydrogen-bond acceptors (Lipinski definition) is 6. The van der Waals surface area contributed by atoms with Crippen LogP contribution in [0.1, 0.15) is 39.0 Å². The summed E-state index contributed by atoms with van der Waals surface area (Å²) >= 11 is 0. The van der Waals surface area contributed by atoms with Crippen LogP contribution in [0.3, 0.4) is 0 Å². The maximum absolute atomic E-state index is 12.9. The van der Waals surface area contributed by atoms with Gasteiger partial charge < -0.3 is 4.74 Å². The Kier molecular flexibility index (Phi) is 5.25. The van der Waals surface area contributed by atoms with E-state index in [0.29, 0.717) is 23.7 Å². The van der Waals surface area contributed by atoms with Gasteiger partial charge in [0.2, 0.25) is 0 Å². The topological polar surface area (TPSA) is 86.4 Å². The van der Waals surface area contributed by atoms with Crippen LogP contribution in [-0.2, 0) is 21.3 Å². The lowest BCUT2D eigenvalue weighted by Crippen LogP contribution is -2.22. The average molecular weight is 401 g/mol. The number of fused-ring (bicyclic) bond motifs is 1. The highest BCUT2D eigenvalue weighted by Gasteiger charge is 2.20. The van der Waals surface area contributed by atoms with Crippen molar-refractivity contribution in [3.8, 4) is 0 Å². The molecule has 3 aromatic rings. The molecule has 0 aliphatic rings. The first-order valence-electron chi connectivity index (χ1n) is 8.91. The molecule has 0 aliphatic carbocycles. The first kappa shape index (κ1) is 20.0. The van der Waals surface area contributed by atoms with Crippen LogP contribution < -0.4 is 0 Å². The number of ether oxygens (including phenoxy) is 1. The zero-order valence-electron chi connectivity index (χ0n) is 16.7. The summed E-state index contributed by atoms with van der Waals surface area (Å²) in [5.74, 6) is 0.564. The minimum absolute atomic E-state index is 0.209. The van der Waals surface area contributed by atoms with Crippen LogP contribution in [0.15, 0.2) is 52.6 Å². The summed E-state index contributed by atoms with van der Waals surface area (Å²) in [6.45, 7) is 9.87. The highest BCUT2D eigenvalue weighted by Crippen LogP contribution is 2.20. The van der Waals surface area contributed by atoms with Crippen LogP contribution in [0.5, 0.6) is 0 Å². The van der Waals surface area contributed by atoms with E-state index in [9.17, 15) is 8.42 Å². The number of aromatic nitrogens is 3. The smallest absolute Gasteiger partial charge is 0.269 e. The van der Waals surface area contributed by atoms with Crippen molar-refractivity contribution in [2.75, 3.05) is 0 Å². The molecule has 0 N–H and O–H groups in total. The fourth-order valence-electron chi connectivity index (χ4n) is 2.69. The zero-order chi connectivity index (χ0) is 20.5. The van der Waals surface area contributed by atoms with E-state index in [1.165, 1.54) is 12.4 Å².